The summed E-state index contributed by atoms with van der Waals surface area (Å²) in [5.41, 5.74) is 14.1. The zero-order valence-electron chi connectivity index (χ0n) is 24.7. The van der Waals surface area contributed by atoms with Gasteiger partial charge in [0.1, 0.15) is 11.6 Å². The number of hydrogen-bond donors (Lipinski definition) is 4. The van der Waals surface area contributed by atoms with Crippen molar-refractivity contribution in [2.75, 3.05) is 13.1 Å². The molecule has 1 aliphatic rings. The first-order valence-corrected chi connectivity index (χ1v) is 15.1. The zero-order valence-corrected chi connectivity index (χ0v) is 24.7. The monoisotopic (exact) mass is 564 g/mol. The lowest BCUT2D eigenvalue weighted by Crippen LogP contribution is -2.46. The van der Waals surface area contributed by atoms with Gasteiger partial charge in [-0.05, 0) is 67.6 Å². The number of carbonyl (C=O) groups excluding carboxylic acids is 1. The molecule has 0 saturated carbocycles. The highest BCUT2D eigenvalue weighted by Crippen LogP contribution is 2.33. The minimum absolute atomic E-state index is 0.00414. The third-order valence-corrected chi connectivity index (χ3v) is 8.28. The summed E-state index contributed by atoms with van der Waals surface area (Å²) in [6.07, 6.45) is 6.10. The van der Waals surface area contributed by atoms with Crippen molar-refractivity contribution in [1.82, 2.24) is 35.1 Å². The highest BCUT2D eigenvalue weighted by molar-refractivity contribution is 5.85. The van der Waals surface area contributed by atoms with E-state index in [1.807, 2.05) is 37.1 Å². The Morgan fingerprint density at radius 2 is 1.76 bits per heavy atom. The third-order valence-electron chi connectivity index (χ3n) is 8.28. The van der Waals surface area contributed by atoms with Crippen LogP contribution in [0.3, 0.4) is 0 Å². The molecule has 2 atom stereocenters. The Kier molecular flexibility index (Phi) is 8.04. The fourth-order valence-electron chi connectivity index (χ4n) is 5.71. The average Bonchev–Trinajstić information content (AvgIpc) is 3.75. The SMILES string of the molecule is CCCCNCc1nc2ccc(-c3ccc(-c4ccc5nc(C6CCCN6C(=O)C(N)C(C)C)[nH]c5c4)nc3)cc2[nH]1. The second-order valence-electron chi connectivity index (χ2n) is 11.7. The lowest BCUT2D eigenvalue weighted by atomic mass is 10.0. The van der Waals surface area contributed by atoms with Gasteiger partial charge < -0.3 is 25.9 Å². The maximum Gasteiger partial charge on any atom is 0.240 e. The van der Waals surface area contributed by atoms with Crippen LogP contribution in [0.15, 0.2) is 54.7 Å². The minimum atomic E-state index is -0.493. The number of pyridine rings is 1. The Morgan fingerprint density at radius 3 is 2.52 bits per heavy atom. The highest BCUT2D eigenvalue weighted by Gasteiger charge is 2.35. The predicted octanol–water partition coefficient (Wildman–Crippen LogP) is 5.70. The Bertz CT molecular complexity index is 1690. The summed E-state index contributed by atoms with van der Waals surface area (Å²) in [6, 6.07) is 16.0. The number of rotatable bonds is 10. The summed E-state index contributed by atoms with van der Waals surface area (Å²) >= 11 is 0. The molecule has 4 heterocycles. The van der Waals surface area contributed by atoms with Crippen molar-refractivity contribution in [2.45, 2.75) is 65.1 Å². The summed E-state index contributed by atoms with van der Waals surface area (Å²) in [6.45, 7) is 8.62. The second-order valence-corrected chi connectivity index (χ2v) is 11.7. The number of aromatic amines is 2. The fraction of sp³-hybridized carbons (Fsp3) is 0.394. The number of H-pyrrole nitrogens is 2. The molecule has 2 unspecified atom stereocenters. The van der Waals surface area contributed by atoms with Crippen LogP contribution in [0.25, 0.3) is 44.5 Å². The number of amides is 1. The number of benzene rings is 2. The molecule has 3 aromatic heterocycles. The number of fused-ring (bicyclic) bond motifs is 2. The van der Waals surface area contributed by atoms with E-state index in [1.165, 1.54) is 12.8 Å². The van der Waals surface area contributed by atoms with E-state index in [4.69, 9.17) is 20.7 Å². The molecule has 1 aliphatic heterocycles. The zero-order chi connectivity index (χ0) is 29.2. The first-order valence-electron chi connectivity index (χ1n) is 15.1. The van der Waals surface area contributed by atoms with E-state index in [0.29, 0.717) is 6.54 Å². The molecule has 5 aromatic rings. The standard InChI is InChI=1S/C33H40N8O/c1-4-5-14-35-19-30-37-25-12-8-21(16-27(25)38-30)23-10-11-24(36-18-23)22-9-13-26-28(17-22)40-32(39-26)29-7-6-15-41(29)33(42)31(34)20(2)3/h8-13,16-18,20,29,31,35H,4-7,14-15,19,34H2,1-3H3,(H,37,38)(H,39,40). The molecule has 0 bridgehead atoms. The van der Waals surface area contributed by atoms with Crippen LogP contribution in [0.1, 0.15) is 64.1 Å². The highest BCUT2D eigenvalue weighted by atomic mass is 16.2. The number of carbonyl (C=O) groups is 1. The fourth-order valence-corrected chi connectivity index (χ4v) is 5.71. The van der Waals surface area contributed by atoms with Crippen LogP contribution in [0.5, 0.6) is 0 Å². The van der Waals surface area contributed by atoms with Gasteiger partial charge in [0.2, 0.25) is 5.91 Å². The van der Waals surface area contributed by atoms with E-state index in [2.05, 4.69) is 58.6 Å². The van der Waals surface area contributed by atoms with Gasteiger partial charge in [0.05, 0.1) is 46.4 Å². The quantitative estimate of drug-likeness (QED) is 0.161. The predicted molar refractivity (Wildman–Crippen MR) is 168 cm³/mol. The summed E-state index contributed by atoms with van der Waals surface area (Å²) in [4.78, 5) is 36.2. The van der Waals surface area contributed by atoms with Crippen LogP contribution >= 0.6 is 0 Å². The van der Waals surface area contributed by atoms with Gasteiger partial charge in [-0.1, -0.05) is 45.4 Å². The number of unbranched alkanes of at least 4 members (excludes halogenated alkanes) is 1. The van der Waals surface area contributed by atoms with Crippen LogP contribution < -0.4 is 11.1 Å². The summed E-state index contributed by atoms with van der Waals surface area (Å²) in [7, 11) is 0. The van der Waals surface area contributed by atoms with Gasteiger partial charge >= 0.3 is 0 Å². The molecule has 1 amide bonds. The molecular weight excluding hydrogens is 524 g/mol. The van der Waals surface area contributed by atoms with Crippen LogP contribution in [0.2, 0.25) is 0 Å². The van der Waals surface area contributed by atoms with E-state index in [0.717, 1.165) is 82.0 Å². The van der Waals surface area contributed by atoms with Gasteiger partial charge in [-0.15, -0.1) is 0 Å². The first-order chi connectivity index (χ1) is 20.4. The summed E-state index contributed by atoms with van der Waals surface area (Å²) in [5.74, 6) is 1.88. The molecule has 6 rings (SSSR count). The molecule has 218 valence electrons. The molecule has 0 radical (unpaired) electrons. The van der Waals surface area contributed by atoms with Crippen molar-refractivity contribution in [3.63, 3.8) is 0 Å². The van der Waals surface area contributed by atoms with Gasteiger partial charge in [0, 0.05) is 23.9 Å². The van der Waals surface area contributed by atoms with Crippen LogP contribution in [0.4, 0.5) is 0 Å². The molecule has 2 aromatic carbocycles. The number of nitrogens with one attached hydrogen (secondary N) is 3. The Balaban J connectivity index is 1.18. The number of hydrogen-bond acceptors (Lipinski definition) is 6. The van der Waals surface area contributed by atoms with E-state index in [9.17, 15) is 4.79 Å². The van der Waals surface area contributed by atoms with Crippen molar-refractivity contribution in [3.8, 4) is 22.4 Å². The van der Waals surface area contributed by atoms with Crippen molar-refractivity contribution in [1.29, 1.82) is 0 Å². The molecule has 0 aliphatic carbocycles. The number of aromatic nitrogens is 5. The lowest BCUT2D eigenvalue weighted by Gasteiger charge is -2.27. The van der Waals surface area contributed by atoms with Crippen molar-refractivity contribution in [3.05, 3.63) is 66.4 Å². The van der Waals surface area contributed by atoms with Gasteiger partial charge in [0.25, 0.3) is 0 Å². The molecule has 1 saturated heterocycles. The lowest BCUT2D eigenvalue weighted by molar-refractivity contribution is -0.134. The van der Waals surface area contributed by atoms with E-state index in [-0.39, 0.29) is 17.9 Å². The van der Waals surface area contributed by atoms with Crippen molar-refractivity contribution < 1.29 is 4.79 Å². The molecule has 1 fully saturated rings. The normalized spacial score (nSPS) is 16.2. The Hall–Kier alpha value is -4.08. The van der Waals surface area contributed by atoms with Crippen LogP contribution in [-0.2, 0) is 11.3 Å². The third kappa shape index (κ3) is 5.67. The minimum Gasteiger partial charge on any atom is -0.341 e. The second kappa shape index (κ2) is 12.0. The first kappa shape index (κ1) is 28.1. The molecule has 42 heavy (non-hydrogen) atoms. The smallest absolute Gasteiger partial charge is 0.240 e. The van der Waals surface area contributed by atoms with Crippen molar-refractivity contribution in [2.24, 2.45) is 11.7 Å². The largest absolute Gasteiger partial charge is 0.341 e. The van der Waals surface area contributed by atoms with E-state index < -0.39 is 6.04 Å². The van der Waals surface area contributed by atoms with Gasteiger partial charge in [-0.3, -0.25) is 9.78 Å². The maximum absolute atomic E-state index is 13.0. The van der Waals surface area contributed by atoms with Gasteiger partial charge in [-0.25, -0.2) is 9.97 Å². The molecular formula is C33H40N8O. The molecule has 5 N–H and O–H groups in total. The van der Waals surface area contributed by atoms with E-state index in [1.54, 1.807) is 0 Å². The summed E-state index contributed by atoms with van der Waals surface area (Å²) < 4.78 is 0. The van der Waals surface area contributed by atoms with Gasteiger partial charge in [-0.2, -0.15) is 0 Å². The average molecular weight is 565 g/mol. The van der Waals surface area contributed by atoms with Crippen LogP contribution in [0, 0.1) is 5.92 Å². The Morgan fingerprint density at radius 1 is 1.02 bits per heavy atom. The molecule has 9 heteroatoms. The Labute approximate surface area is 246 Å². The maximum atomic E-state index is 13.0. The number of likely N-dealkylation sites (tertiary alicyclic amines) is 1. The number of nitrogens with zero attached hydrogens (tertiary/aromatic N) is 4. The van der Waals surface area contributed by atoms with E-state index >= 15 is 0 Å². The van der Waals surface area contributed by atoms with Crippen LogP contribution in [-0.4, -0.2) is 54.9 Å². The molecule has 0 spiro atoms. The molecule has 9 nitrogen and oxygen atoms in total. The van der Waals surface area contributed by atoms with Gasteiger partial charge in [0.15, 0.2) is 0 Å². The number of imidazole rings is 2. The van der Waals surface area contributed by atoms with Crippen molar-refractivity contribution >= 4 is 28.0 Å². The summed E-state index contributed by atoms with van der Waals surface area (Å²) in [5, 5.41) is 3.44. The topological polar surface area (TPSA) is 129 Å². The number of nitrogens with two attached hydrogens (primary N) is 1.